The molecule has 0 aliphatic heterocycles. The van der Waals surface area contributed by atoms with Crippen LogP contribution in [0.3, 0.4) is 0 Å². The molecule has 4 heteroatoms. The van der Waals surface area contributed by atoms with E-state index in [1.54, 1.807) is 19.1 Å². The van der Waals surface area contributed by atoms with Crippen LogP contribution in [0.25, 0.3) is 0 Å². The highest BCUT2D eigenvalue weighted by Crippen LogP contribution is 2.22. The summed E-state index contributed by atoms with van der Waals surface area (Å²) in [4.78, 5) is 24.7. The lowest BCUT2D eigenvalue weighted by molar-refractivity contribution is -0.123. The number of aryl methyl sites for hydroxylation is 5. The normalized spacial score (nSPS) is 11.8. The Hall–Kier alpha value is -2.62. The van der Waals surface area contributed by atoms with Gasteiger partial charge >= 0.3 is 5.97 Å². The van der Waals surface area contributed by atoms with Gasteiger partial charge in [0.1, 0.15) is 0 Å². The second kappa shape index (κ2) is 7.51. The van der Waals surface area contributed by atoms with E-state index in [2.05, 4.69) is 5.32 Å². The first-order chi connectivity index (χ1) is 11.7. The van der Waals surface area contributed by atoms with Crippen LogP contribution in [-0.4, -0.2) is 18.0 Å². The molecule has 0 aliphatic rings. The number of amides is 1. The van der Waals surface area contributed by atoms with Gasteiger partial charge in [-0.1, -0.05) is 34.9 Å². The van der Waals surface area contributed by atoms with Crippen LogP contribution < -0.4 is 5.32 Å². The van der Waals surface area contributed by atoms with Crippen molar-refractivity contribution in [2.24, 2.45) is 0 Å². The van der Waals surface area contributed by atoms with Crippen molar-refractivity contribution in [3.63, 3.8) is 0 Å². The smallest absolute Gasteiger partial charge is 0.338 e. The van der Waals surface area contributed by atoms with Crippen molar-refractivity contribution in [1.29, 1.82) is 0 Å². The molecule has 1 amide bonds. The molecule has 2 aromatic rings. The van der Waals surface area contributed by atoms with Gasteiger partial charge in [0, 0.05) is 5.69 Å². The minimum Gasteiger partial charge on any atom is -0.449 e. The van der Waals surface area contributed by atoms with E-state index in [0.29, 0.717) is 5.56 Å². The molecule has 1 unspecified atom stereocenters. The van der Waals surface area contributed by atoms with Crippen molar-refractivity contribution in [2.45, 2.75) is 47.6 Å². The quantitative estimate of drug-likeness (QED) is 0.839. The Bertz CT molecular complexity index is 781. The van der Waals surface area contributed by atoms with Gasteiger partial charge in [0.05, 0.1) is 5.56 Å². The maximum atomic E-state index is 12.4. The predicted molar refractivity (Wildman–Crippen MR) is 100 cm³/mol. The number of anilines is 1. The second-order valence-electron chi connectivity index (χ2n) is 6.69. The second-order valence-corrected chi connectivity index (χ2v) is 6.69. The monoisotopic (exact) mass is 339 g/mol. The predicted octanol–water partition coefficient (Wildman–Crippen LogP) is 4.41. The van der Waals surface area contributed by atoms with Crippen LogP contribution in [0.2, 0.25) is 0 Å². The van der Waals surface area contributed by atoms with E-state index in [1.807, 2.05) is 52.8 Å². The van der Waals surface area contributed by atoms with Gasteiger partial charge in [-0.15, -0.1) is 0 Å². The highest BCUT2D eigenvalue weighted by molar-refractivity contribution is 5.98. The standard InChI is InChI=1S/C21H25NO3/c1-12-7-13(2)11-18(10-12)21(24)25-17(6)20(23)22-19-15(4)8-14(3)9-16(19)5/h7-11,17H,1-6H3,(H,22,23). The molecule has 1 atom stereocenters. The van der Waals surface area contributed by atoms with Gasteiger partial charge in [0.15, 0.2) is 6.10 Å². The number of benzene rings is 2. The first-order valence-corrected chi connectivity index (χ1v) is 8.35. The number of hydrogen-bond donors (Lipinski definition) is 1. The zero-order chi connectivity index (χ0) is 18.7. The largest absolute Gasteiger partial charge is 0.449 e. The third-order valence-electron chi connectivity index (χ3n) is 4.04. The maximum absolute atomic E-state index is 12.4. The van der Waals surface area contributed by atoms with E-state index in [9.17, 15) is 9.59 Å². The van der Waals surface area contributed by atoms with Crippen LogP contribution in [0, 0.1) is 34.6 Å². The van der Waals surface area contributed by atoms with Gasteiger partial charge in [-0.2, -0.15) is 0 Å². The molecule has 0 aliphatic carbocycles. The lowest BCUT2D eigenvalue weighted by Crippen LogP contribution is -2.30. The van der Waals surface area contributed by atoms with Crippen LogP contribution >= 0.6 is 0 Å². The highest BCUT2D eigenvalue weighted by Gasteiger charge is 2.20. The summed E-state index contributed by atoms with van der Waals surface area (Å²) >= 11 is 0. The summed E-state index contributed by atoms with van der Waals surface area (Å²) in [7, 11) is 0. The molecular formula is C21H25NO3. The summed E-state index contributed by atoms with van der Waals surface area (Å²) < 4.78 is 5.33. The molecule has 0 bridgehead atoms. The van der Waals surface area contributed by atoms with Crippen LogP contribution in [0.4, 0.5) is 5.69 Å². The third kappa shape index (κ3) is 4.69. The van der Waals surface area contributed by atoms with Crippen molar-refractivity contribution in [2.75, 3.05) is 5.32 Å². The molecular weight excluding hydrogens is 314 g/mol. The third-order valence-corrected chi connectivity index (χ3v) is 4.04. The number of rotatable bonds is 4. The lowest BCUT2D eigenvalue weighted by atomic mass is 10.0. The Labute approximate surface area is 149 Å². The Balaban J connectivity index is 2.09. The van der Waals surface area contributed by atoms with E-state index in [-0.39, 0.29) is 5.91 Å². The van der Waals surface area contributed by atoms with Crippen LogP contribution in [0.5, 0.6) is 0 Å². The fraction of sp³-hybridized carbons (Fsp3) is 0.333. The molecule has 0 radical (unpaired) electrons. The fourth-order valence-corrected chi connectivity index (χ4v) is 2.98. The van der Waals surface area contributed by atoms with Gasteiger partial charge in [0.2, 0.25) is 0 Å². The van der Waals surface area contributed by atoms with E-state index in [1.165, 1.54) is 0 Å². The van der Waals surface area contributed by atoms with Crippen molar-refractivity contribution in [3.05, 3.63) is 63.7 Å². The van der Waals surface area contributed by atoms with Crippen molar-refractivity contribution < 1.29 is 14.3 Å². The number of ether oxygens (including phenoxy) is 1. The summed E-state index contributed by atoms with van der Waals surface area (Å²) in [6.45, 7) is 11.3. The molecule has 132 valence electrons. The van der Waals surface area contributed by atoms with Gasteiger partial charge in [-0.05, 0) is 64.8 Å². The van der Waals surface area contributed by atoms with Crippen LogP contribution in [0.1, 0.15) is 45.1 Å². The Kier molecular flexibility index (Phi) is 5.62. The topological polar surface area (TPSA) is 55.4 Å². The summed E-state index contributed by atoms with van der Waals surface area (Å²) in [5.74, 6) is -0.834. The molecule has 2 rings (SSSR count). The molecule has 0 fully saturated rings. The molecule has 0 spiro atoms. The molecule has 25 heavy (non-hydrogen) atoms. The average Bonchev–Trinajstić information content (AvgIpc) is 2.49. The Morgan fingerprint density at radius 3 is 1.84 bits per heavy atom. The molecule has 0 heterocycles. The SMILES string of the molecule is Cc1cc(C)cc(C(=O)OC(C)C(=O)Nc2c(C)cc(C)cc2C)c1. The van der Waals surface area contributed by atoms with E-state index >= 15 is 0 Å². The summed E-state index contributed by atoms with van der Waals surface area (Å²) in [5, 5.41) is 2.87. The Morgan fingerprint density at radius 2 is 1.32 bits per heavy atom. The first kappa shape index (κ1) is 18.7. The van der Waals surface area contributed by atoms with Gasteiger partial charge < -0.3 is 10.1 Å². The molecule has 0 aromatic heterocycles. The van der Waals surface area contributed by atoms with Crippen molar-refractivity contribution >= 4 is 17.6 Å². The molecule has 0 saturated carbocycles. The molecule has 4 nitrogen and oxygen atoms in total. The van der Waals surface area contributed by atoms with Gasteiger partial charge in [-0.3, -0.25) is 4.79 Å². The minimum atomic E-state index is -0.881. The number of nitrogens with one attached hydrogen (secondary N) is 1. The van der Waals surface area contributed by atoms with Crippen molar-refractivity contribution in [3.8, 4) is 0 Å². The van der Waals surface area contributed by atoms with Gasteiger partial charge in [-0.25, -0.2) is 4.79 Å². The van der Waals surface area contributed by atoms with Crippen LogP contribution in [0.15, 0.2) is 30.3 Å². The molecule has 0 saturated heterocycles. The van der Waals surface area contributed by atoms with Crippen molar-refractivity contribution in [1.82, 2.24) is 0 Å². The number of hydrogen-bond acceptors (Lipinski definition) is 3. The van der Waals surface area contributed by atoms with Gasteiger partial charge in [0.25, 0.3) is 5.91 Å². The molecule has 1 N–H and O–H groups in total. The zero-order valence-electron chi connectivity index (χ0n) is 15.7. The minimum absolute atomic E-state index is 0.340. The average molecular weight is 339 g/mol. The van der Waals surface area contributed by atoms with E-state index in [4.69, 9.17) is 4.74 Å². The van der Waals surface area contributed by atoms with Crippen LogP contribution in [-0.2, 0) is 9.53 Å². The summed E-state index contributed by atoms with van der Waals surface area (Å²) in [6.07, 6.45) is -0.881. The fourth-order valence-electron chi connectivity index (χ4n) is 2.98. The molecule has 2 aromatic carbocycles. The first-order valence-electron chi connectivity index (χ1n) is 8.35. The zero-order valence-corrected chi connectivity index (χ0v) is 15.7. The summed E-state index contributed by atoms with van der Waals surface area (Å²) in [6, 6.07) is 9.52. The number of carbonyl (C=O) groups excluding carboxylic acids is 2. The van der Waals surface area contributed by atoms with E-state index in [0.717, 1.165) is 33.5 Å². The summed E-state index contributed by atoms with van der Waals surface area (Å²) in [5.41, 5.74) is 6.30. The highest BCUT2D eigenvalue weighted by atomic mass is 16.5. The maximum Gasteiger partial charge on any atom is 0.338 e. The lowest BCUT2D eigenvalue weighted by Gasteiger charge is -2.17. The number of esters is 1. The Morgan fingerprint density at radius 1 is 0.840 bits per heavy atom. The van der Waals surface area contributed by atoms with E-state index < -0.39 is 12.1 Å². The number of carbonyl (C=O) groups is 2.